The van der Waals surface area contributed by atoms with Crippen LogP contribution in [0.3, 0.4) is 0 Å². The van der Waals surface area contributed by atoms with E-state index in [0.717, 1.165) is 19.6 Å². The van der Waals surface area contributed by atoms with Crippen molar-refractivity contribution in [2.45, 2.75) is 32.9 Å². The van der Waals surface area contributed by atoms with Crippen LogP contribution in [0.15, 0.2) is 24.5 Å². The van der Waals surface area contributed by atoms with E-state index in [1.165, 1.54) is 12.0 Å². The molecule has 1 aromatic heterocycles. The lowest BCUT2D eigenvalue weighted by atomic mass is 10.2. The molecule has 0 spiro atoms. The predicted octanol–water partition coefficient (Wildman–Crippen LogP) is 1.90. The van der Waals surface area contributed by atoms with Crippen LogP contribution in [-0.2, 0) is 6.54 Å². The summed E-state index contributed by atoms with van der Waals surface area (Å²) in [6, 6.07) is 4.76. The average molecular weight is 221 g/mol. The van der Waals surface area contributed by atoms with Crippen LogP contribution in [0.2, 0.25) is 0 Å². The maximum absolute atomic E-state index is 4.00. The van der Waals surface area contributed by atoms with Gasteiger partial charge >= 0.3 is 0 Å². The van der Waals surface area contributed by atoms with E-state index >= 15 is 0 Å². The van der Waals surface area contributed by atoms with Gasteiger partial charge in [0, 0.05) is 38.1 Å². The number of rotatable bonds is 7. The molecule has 0 saturated heterocycles. The Bertz CT molecular complexity index is 274. The Kier molecular flexibility index (Phi) is 6.04. The fourth-order valence-electron chi connectivity index (χ4n) is 1.52. The van der Waals surface area contributed by atoms with Gasteiger partial charge in [0.15, 0.2) is 0 Å². The summed E-state index contributed by atoms with van der Waals surface area (Å²) in [7, 11) is 2.18. The zero-order valence-electron chi connectivity index (χ0n) is 10.6. The molecule has 1 unspecified atom stereocenters. The lowest BCUT2D eigenvalue weighted by molar-refractivity contribution is 0.251. The van der Waals surface area contributed by atoms with Gasteiger partial charge < -0.3 is 10.2 Å². The Balaban J connectivity index is 2.13. The number of aromatic nitrogens is 1. The molecule has 1 N–H and O–H groups in total. The van der Waals surface area contributed by atoms with E-state index in [2.05, 4.69) is 36.1 Å². The van der Waals surface area contributed by atoms with Crippen molar-refractivity contribution in [2.24, 2.45) is 0 Å². The molecule has 3 nitrogen and oxygen atoms in total. The molecular formula is C13H23N3. The highest BCUT2D eigenvalue weighted by Crippen LogP contribution is 1.99. The Morgan fingerprint density at radius 3 is 2.69 bits per heavy atom. The van der Waals surface area contributed by atoms with Crippen molar-refractivity contribution < 1.29 is 0 Å². The average Bonchev–Trinajstić information content (AvgIpc) is 2.34. The van der Waals surface area contributed by atoms with Crippen LogP contribution >= 0.6 is 0 Å². The fourth-order valence-corrected chi connectivity index (χ4v) is 1.52. The number of hydrogen-bond donors (Lipinski definition) is 1. The highest BCUT2D eigenvalue weighted by molar-refractivity contribution is 5.08. The molecule has 90 valence electrons. The van der Waals surface area contributed by atoms with Crippen LogP contribution in [0.25, 0.3) is 0 Å². The molecule has 3 heteroatoms. The quantitative estimate of drug-likeness (QED) is 0.713. The van der Waals surface area contributed by atoms with Gasteiger partial charge in [-0.1, -0.05) is 6.92 Å². The lowest BCUT2D eigenvalue weighted by Gasteiger charge is -2.23. The third-order valence-electron chi connectivity index (χ3n) is 3.06. The molecule has 0 saturated carbocycles. The number of nitrogens with zero attached hydrogens (tertiary/aromatic N) is 2. The SMILES string of the molecule is CCC(C)N(C)CCNCc1ccncc1. The second-order valence-corrected chi connectivity index (χ2v) is 4.27. The van der Waals surface area contributed by atoms with Gasteiger partial charge in [0.1, 0.15) is 0 Å². The highest BCUT2D eigenvalue weighted by atomic mass is 15.1. The second-order valence-electron chi connectivity index (χ2n) is 4.27. The molecular weight excluding hydrogens is 198 g/mol. The monoisotopic (exact) mass is 221 g/mol. The predicted molar refractivity (Wildman–Crippen MR) is 68.3 cm³/mol. The van der Waals surface area contributed by atoms with Crippen LogP contribution < -0.4 is 5.32 Å². The third kappa shape index (κ3) is 4.73. The Morgan fingerprint density at radius 2 is 2.06 bits per heavy atom. The topological polar surface area (TPSA) is 28.2 Å². The van der Waals surface area contributed by atoms with Crippen LogP contribution in [0, 0.1) is 0 Å². The molecule has 1 aromatic rings. The molecule has 1 atom stereocenters. The highest BCUT2D eigenvalue weighted by Gasteiger charge is 2.04. The molecule has 0 aliphatic heterocycles. The Labute approximate surface area is 98.9 Å². The van der Waals surface area contributed by atoms with Gasteiger partial charge in [-0.2, -0.15) is 0 Å². The van der Waals surface area contributed by atoms with Gasteiger partial charge in [0.2, 0.25) is 0 Å². The fraction of sp³-hybridized carbons (Fsp3) is 0.615. The first-order chi connectivity index (χ1) is 7.74. The Hall–Kier alpha value is -0.930. The molecule has 0 aliphatic carbocycles. The molecule has 16 heavy (non-hydrogen) atoms. The van der Waals surface area contributed by atoms with Crippen LogP contribution in [0.5, 0.6) is 0 Å². The first kappa shape index (κ1) is 13.1. The number of likely N-dealkylation sites (N-methyl/N-ethyl adjacent to an activating group) is 1. The summed E-state index contributed by atoms with van der Waals surface area (Å²) in [5.74, 6) is 0. The summed E-state index contributed by atoms with van der Waals surface area (Å²) in [4.78, 5) is 6.39. The van der Waals surface area contributed by atoms with Gasteiger partial charge in [-0.3, -0.25) is 4.98 Å². The summed E-state index contributed by atoms with van der Waals surface area (Å²) in [6.07, 6.45) is 4.88. The summed E-state index contributed by atoms with van der Waals surface area (Å²) < 4.78 is 0. The lowest BCUT2D eigenvalue weighted by Crippen LogP contribution is -2.34. The van der Waals surface area contributed by atoms with Crippen molar-refractivity contribution in [2.75, 3.05) is 20.1 Å². The van der Waals surface area contributed by atoms with Gasteiger partial charge in [0.05, 0.1) is 0 Å². The molecule has 0 amide bonds. The standard InChI is InChI=1S/C13H23N3/c1-4-12(2)16(3)10-9-15-11-13-5-7-14-8-6-13/h5-8,12,15H,4,9-11H2,1-3H3. The number of pyridine rings is 1. The minimum absolute atomic E-state index is 0.669. The van der Waals surface area contributed by atoms with E-state index in [0.29, 0.717) is 6.04 Å². The van der Waals surface area contributed by atoms with Crippen molar-refractivity contribution in [3.05, 3.63) is 30.1 Å². The normalized spacial score (nSPS) is 13.0. The molecule has 0 aliphatic rings. The molecule has 0 fully saturated rings. The van der Waals surface area contributed by atoms with Crippen molar-refractivity contribution in [3.8, 4) is 0 Å². The van der Waals surface area contributed by atoms with Crippen molar-refractivity contribution >= 4 is 0 Å². The smallest absolute Gasteiger partial charge is 0.0271 e. The Morgan fingerprint density at radius 1 is 1.38 bits per heavy atom. The van der Waals surface area contributed by atoms with E-state index < -0.39 is 0 Å². The van der Waals surface area contributed by atoms with Crippen molar-refractivity contribution in [1.29, 1.82) is 0 Å². The summed E-state index contributed by atoms with van der Waals surface area (Å²) in [5, 5.41) is 3.44. The van der Waals surface area contributed by atoms with Gasteiger partial charge in [0.25, 0.3) is 0 Å². The first-order valence-corrected chi connectivity index (χ1v) is 6.04. The molecule has 0 aromatic carbocycles. The maximum Gasteiger partial charge on any atom is 0.0271 e. The largest absolute Gasteiger partial charge is 0.311 e. The molecule has 1 rings (SSSR count). The number of hydrogen-bond acceptors (Lipinski definition) is 3. The van der Waals surface area contributed by atoms with Crippen LogP contribution in [-0.4, -0.2) is 36.1 Å². The van der Waals surface area contributed by atoms with Gasteiger partial charge in [-0.15, -0.1) is 0 Å². The summed E-state index contributed by atoms with van der Waals surface area (Å²) >= 11 is 0. The van der Waals surface area contributed by atoms with Gasteiger partial charge in [-0.25, -0.2) is 0 Å². The minimum atomic E-state index is 0.669. The van der Waals surface area contributed by atoms with E-state index in [9.17, 15) is 0 Å². The summed E-state index contributed by atoms with van der Waals surface area (Å²) in [5.41, 5.74) is 1.29. The second kappa shape index (κ2) is 7.36. The molecule has 0 bridgehead atoms. The molecule has 1 heterocycles. The third-order valence-corrected chi connectivity index (χ3v) is 3.06. The maximum atomic E-state index is 4.00. The van der Waals surface area contributed by atoms with Gasteiger partial charge in [-0.05, 0) is 38.1 Å². The van der Waals surface area contributed by atoms with E-state index in [-0.39, 0.29) is 0 Å². The molecule has 0 radical (unpaired) electrons. The minimum Gasteiger partial charge on any atom is -0.311 e. The van der Waals surface area contributed by atoms with Crippen molar-refractivity contribution in [3.63, 3.8) is 0 Å². The summed E-state index contributed by atoms with van der Waals surface area (Å²) in [6.45, 7) is 7.55. The van der Waals surface area contributed by atoms with Crippen molar-refractivity contribution in [1.82, 2.24) is 15.2 Å². The van der Waals surface area contributed by atoms with E-state index in [4.69, 9.17) is 0 Å². The first-order valence-electron chi connectivity index (χ1n) is 6.04. The van der Waals surface area contributed by atoms with E-state index in [1.807, 2.05) is 24.5 Å². The van der Waals surface area contributed by atoms with Crippen LogP contribution in [0.1, 0.15) is 25.8 Å². The van der Waals surface area contributed by atoms with Crippen LogP contribution in [0.4, 0.5) is 0 Å². The zero-order chi connectivity index (χ0) is 11.8. The zero-order valence-corrected chi connectivity index (χ0v) is 10.6. The number of nitrogens with one attached hydrogen (secondary N) is 1. The van der Waals surface area contributed by atoms with E-state index in [1.54, 1.807) is 0 Å².